The minimum Gasteiger partial charge on any atom is -0.508 e. The summed E-state index contributed by atoms with van der Waals surface area (Å²) in [4.78, 5) is 0. The van der Waals surface area contributed by atoms with Crippen molar-refractivity contribution in [2.24, 2.45) is 0 Å². The number of aromatic hydroxyl groups is 1. The molecule has 0 saturated heterocycles. The molecule has 1 aromatic carbocycles. The third kappa shape index (κ3) is 3.53. The first-order chi connectivity index (χ1) is 7.30. The van der Waals surface area contributed by atoms with Crippen LogP contribution in [0.3, 0.4) is 0 Å². The second kappa shape index (κ2) is 4.88. The molecule has 0 atom stereocenters. The van der Waals surface area contributed by atoms with Gasteiger partial charge in [-0.3, -0.25) is 0 Å². The molecule has 0 amide bonds. The van der Waals surface area contributed by atoms with E-state index in [0.717, 1.165) is 5.56 Å². The third-order valence-electron chi connectivity index (χ3n) is 2.52. The number of ether oxygens (including phenoxy) is 1. The van der Waals surface area contributed by atoms with Crippen molar-refractivity contribution >= 4 is 0 Å². The van der Waals surface area contributed by atoms with Crippen LogP contribution in [-0.4, -0.2) is 11.2 Å². The van der Waals surface area contributed by atoms with Gasteiger partial charge in [-0.2, -0.15) is 0 Å². The molecule has 0 aromatic heterocycles. The minimum atomic E-state index is 0.0975. The molecular formula is C14H22O2. The van der Waals surface area contributed by atoms with E-state index in [9.17, 15) is 5.11 Å². The molecule has 0 radical (unpaired) electrons. The monoisotopic (exact) mass is 222 g/mol. The number of hydrogen-bond donors (Lipinski definition) is 1. The molecule has 0 saturated carbocycles. The topological polar surface area (TPSA) is 29.5 Å². The van der Waals surface area contributed by atoms with Crippen LogP contribution in [0, 0.1) is 0 Å². The molecule has 2 nitrogen and oxygen atoms in total. The first-order valence-electron chi connectivity index (χ1n) is 5.74. The molecule has 1 aromatic rings. The summed E-state index contributed by atoms with van der Waals surface area (Å²) in [7, 11) is 0. The molecule has 90 valence electrons. The van der Waals surface area contributed by atoms with Gasteiger partial charge in [0.1, 0.15) is 5.75 Å². The molecule has 0 spiro atoms. The van der Waals surface area contributed by atoms with Gasteiger partial charge in [0.2, 0.25) is 0 Å². The Morgan fingerprint density at radius 1 is 1.25 bits per heavy atom. The van der Waals surface area contributed by atoms with Crippen molar-refractivity contribution in [3.63, 3.8) is 0 Å². The maximum atomic E-state index is 9.73. The van der Waals surface area contributed by atoms with Gasteiger partial charge in [0, 0.05) is 5.56 Å². The van der Waals surface area contributed by atoms with Gasteiger partial charge in [-0.25, -0.2) is 0 Å². The third-order valence-corrected chi connectivity index (χ3v) is 2.52. The largest absolute Gasteiger partial charge is 0.508 e. The summed E-state index contributed by atoms with van der Waals surface area (Å²) in [5.41, 5.74) is 2.18. The standard InChI is InChI=1S/C14H22O2/c1-10(2)16-9-11-8-12(14(3,4)5)6-7-13(11)15/h6-8,10,15H,9H2,1-5H3. The lowest BCUT2D eigenvalue weighted by atomic mass is 9.86. The van der Waals surface area contributed by atoms with Crippen LogP contribution in [-0.2, 0) is 16.8 Å². The molecule has 0 bridgehead atoms. The zero-order chi connectivity index (χ0) is 12.3. The van der Waals surface area contributed by atoms with E-state index in [1.54, 1.807) is 6.07 Å². The highest BCUT2D eigenvalue weighted by atomic mass is 16.5. The first-order valence-corrected chi connectivity index (χ1v) is 5.74. The molecule has 0 unspecified atom stereocenters. The predicted octanol–water partition coefficient (Wildman–Crippen LogP) is 3.61. The van der Waals surface area contributed by atoms with Gasteiger partial charge in [0.05, 0.1) is 12.7 Å². The van der Waals surface area contributed by atoms with E-state index in [1.165, 1.54) is 5.56 Å². The fraction of sp³-hybridized carbons (Fsp3) is 0.571. The van der Waals surface area contributed by atoms with Crippen molar-refractivity contribution in [3.8, 4) is 5.75 Å². The summed E-state index contributed by atoms with van der Waals surface area (Å²) in [5, 5.41) is 9.73. The lowest BCUT2D eigenvalue weighted by molar-refractivity contribution is 0.0644. The predicted molar refractivity (Wildman–Crippen MR) is 66.7 cm³/mol. The minimum absolute atomic E-state index is 0.0975. The van der Waals surface area contributed by atoms with Gasteiger partial charge in [-0.05, 0) is 37.0 Å². The van der Waals surface area contributed by atoms with Crippen LogP contribution < -0.4 is 0 Å². The van der Waals surface area contributed by atoms with Crippen LogP contribution >= 0.6 is 0 Å². The van der Waals surface area contributed by atoms with Crippen LogP contribution in [0.4, 0.5) is 0 Å². The van der Waals surface area contributed by atoms with Crippen molar-refractivity contribution in [1.29, 1.82) is 0 Å². The van der Waals surface area contributed by atoms with E-state index in [4.69, 9.17) is 4.74 Å². The molecule has 0 aliphatic rings. The van der Waals surface area contributed by atoms with Crippen LogP contribution in [0.25, 0.3) is 0 Å². The van der Waals surface area contributed by atoms with Gasteiger partial charge in [-0.1, -0.05) is 26.8 Å². The van der Waals surface area contributed by atoms with Gasteiger partial charge in [-0.15, -0.1) is 0 Å². The van der Waals surface area contributed by atoms with Crippen molar-refractivity contribution in [3.05, 3.63) is 29.3 Å². The molecular weight excluding hydrogens is 200 g/mol. The van der Waals surface area contributed by atoms with Crippen LogP contribution in [0.5, 0.6) is 5.75 Å². The van der Waals surface area contributed by atoms with E-state index in [2.05, 4.69) is 20.8 Å². The van der Waals surface area contributed by atoms with Crippen molar-refractivity contribution in [1.82, 2.24) is 0 Å². The molecule has 0 fully saturated rings. The highest BCUT2D eigenvalue weighted by Gasteiger charge is 2.15. The Labute approximate surface area is 98.3 Å². The fourth-order valence-corrected chi connectivity index (χ4v) is 1.42. The Morgan fingerprint density at radius 2 is 1.88 bits per heavy atom. The van der Waals surface area contributed by atoms with Crippen LogP contribution in [0.1, 0.15) is 45.7 Å². The maximum absolute atomic E-state index is 9.73. The summed E-state index contributed by atoms with van der Waals surface area (Å²) >= 11 is 0. The van der Waals surface area contributed by atoms with E-state index in [0.29, 0.717) is 12.4 Å². The van der Waals surface area contributed by atoms with Crippen LogP contribution in [0.15, 0.2) is 18.2 Å². The van der Waals surface area contributed by atoms with Crippen LogP contribution in [0.2, 0.25) is 0 Å². The van der Waals surface area contributed by atoms with E-state index in [-0.39, 0.29) is 11.5 Å². The van der Waals surface area contributed by atoms with E-state index >= 15 is 0 Å². The number of phenols is 1. The molecule has 1 rings (SSSR count). The lowest BCUT2D eigenvalue weighted by Crippen LogP contribution is -2.12. The molecule has 0 heterocycles. The Bertz CT molecular complexity index is 348. The summed E-state index contributed by atoms with van der Waals surface area (Å²) in [6.45, 7) is 10.9. The fourth-order valence-electron chi connectivity index (χ4n) is 1.42. The Morgan fingerprint density at radius 3 is 2.38 bits per heavy atom. The SMILES string of the molecule is CC(C)OCc1cc(C(C)(C)C)ccc1O. The Kier molecular flexibility index (Phi) is 3.98. The Hall–Kier alpha value is -1.02. The Balaban J connectivity index is 2.91. The highest BCUT2D eigenvalue weighted by Crippen LogP contribution is 2.27. The normalized spacial score (nSPS) is 12.1. The number of benzene rings is 1. The smallest absolute Gasteiger partial charge is 0.121 e. The van der Waals surface area contributed by atoms with E-state index < -0.39 is 0 Å². The number of phenolic OH excluding ortho intramolecular Hbond substituents is 1. The second-order valence-electron chi connectivity index (χ2n) is 5.45. The van der Waals surface area contributed by atoms with Crippen molar-refractivity contribution in [2.45, 2.75) is 52.7 Å². The van der Waals surface area contributed by atoms with Crippen molar-refractivity contribution in [2.75, 3.05) is 0 Å². The zero-order valence-corrected chi connectivity index (χ0v) is 10.9. The summed E-state index contributed by atoms with van der Waals surface area (Å²) in [5.74, 6) is 0.314. The summed E-state index contributed by atoms with van der Waals surface area (Å²) in [6, 6.07) is 5.74. The molecule has 0 aliphatic heterocycles. The molecule has 1 N–H and O–H groups in total. The maximum Gasteiger partial charge on any atom is 0.121 e. The van der Waals surface area contributed by atoms with Gasteiger partial charge >= 0.3 is 0 Å². The molecule has 2 heteroatoms. The van der Waals surface area contributed by atoms with E-state index in [1.807, 2.05) is 26.0 Å². The summed E-state index contributed by atoms with van der Waals surface area (Å²) in [6.07, 6.45) is 0.178. The van der Waals surface area contributed by atoms with Crippen molar-refractivity contribution < 1.29 is 9.84 Å². The average molecular weight is 222 g/mol. The average Bonchev–Trinajstić information content (AvgIpc) is 2.14. The second-order valence-corrected chi connectivity index (χ2v) is 5.45. The van der Waals surface area contributed by atoms with Gasteiger partial charge < -0.3 is 9.84 Å². The molecule has 0 aliphatic carbocycles. The number of rotatable bonds is 3. The zero-order valence-electron chi connectivity index (χ0n) is 10.9. The lowest BCUT2D eigenvalue weighted by Gasteiger charge is -2.20. The van der Waals surface area contributed by atoms with Gasteiger partial charge in [0.25, 0.3) is 0 Å². The number of hydrogen-bond acceptors (Lipinski definition) is 2. The highest BCUT2D eigenvalue weighted by molar-refractivity contribution is 5.38. The quantitative estimate of drug-likeness (QED) is 0.846. The molecule has 16 heavy (non-hydrogen) atoms. The summed E-state index contributed by atoms with van der Waals surface area (Å²) < 4.78 is 5.52. The first kappa shape index (κ1) is 13.0. The van der Waals surface area contributed by atoms with Gasteiger partial charge in [0.15, 0.2) is 0 Å².